The van der Waals surface area contributed by atoms with E-state index < -0.39 is 11.8 Å². The maximum atomic E-state index is 12.9. The summed E-state index contributed by atoms with van der Waals surface area (Å²) in [5.74, 6) is -0.740. The summed E-state index contributed by atoms with van der Waals surface area (Å²) in [4.78, 5) is 27.5. The number of aromatic hydroxyl groups is 1. The maximum Gasteiger partial charge on any atom is 0.287 e. The molecule has 34 heavy (non-hydrogen) atoms. The van der Waals surface area contributed by atoms with Gasteiger partial charge in [-0.25, -0.2) is 5.43 Å². The number of nitrogens with zero attached hydrogens (tertiary/aromatic N) is 2. The van der Waals surface area contributed by atoms with Crippen molar-refractivity contribution >= 4 is 29.8 Å². The quantitative estimate of drug-likeness (QED) is 0.273. The van der Waals surface area contributed by atoms with E-state index in [9.17, 15) is 14.7 Å². The normalized spacial score (nSPS) is 11.2. The summed E-state index contributed by atoms with van der Waals surface area (Å²) < 4.78 is 5.01. The summed E-state index contributed by atoms with van der Waals surface area (Å²) in [6.07, 6.45) is 2.95. The van der Waals surface area contributed by atoms with Crippen LogP contribution in [0.2, 0.25) is 0 Å². The molecule has 0 radical (unpaired) electrons. The van der Waals surface area contributed by atoms with E-state index in [2.05, 4.69) is 15.8 Å². The van der Waals surface area contributed by atoms with Gasteiger partial charge < -0.3 is 20.1 Å². The van der Waals surface area contributed by atoms with Gasteiger partial charge in [-0.1, -0.05) is 30.3 Å². The van der Waals surface area contributed by atoms with Crippen molar-refractivity contribution in [1.29, 1.82) is 0 Å². The summed E-state index contributed by atoms with van der Waals surface area (Å²) in [5.41, 5.74) is 5.15. The first-order valence-electron chi connectivity index (χ1n) is 10.4. The molecule has 0 aromatic heterocycles. The van der Waals surface area contributed by atoms with Crippen LogP contribution >= 0.6 is 0 Å². The van der Waals surface area contributed by atoms with Crippen LogP contribution in [0.1, 0.15) is 21.5 Å². The Morgan fingerprint density at radius 3 is 2.26 bits per heavy atom. The van der Waals surface area contributed by atoms with E-state index >= 15 is 0 Å². The average Bonchev–Trinajstić information content (AvgIpc) is 2.84. The van der Waals surface area contributed by atoms with Crippen LogP contribution in [0, 0.1) is 0 Å². The Bertz CT molecular complexity index is 1200. The fourth-order valence-electron chi connectivity index (χ4n) is 2.99. The second-order valence-electron chi connectivity index (χ2n) is 7.49. The standard InChI is InChI=1S/C26H26N4O4/c1-30(2)21-12-9-18(10-13-21)15-22(28-25(32)20-7-5-4-6-8-20)26(33)29-27-17-19-11-14-24(34-3)23(31)16-19/h4-17,31H,1-3H3,(H,28,32)(H,29,33). The minimum atomic E-state index is -0.602. The molecule has 0 spiro atoms. The fourth-order valence-corrected chi connectivity index (χ4v) is 2.99. The van der Waals surface area contributed by atoms with Gasteiger partial charge in [0.1, 0.15) is 5.70 Å². The molecule has 8 heteroatoms. The van der Waals surface area contributed by atoms with Crippen molar-refractivity contribution in [2.24, 2.45) is 5.10 Å². The SMILES string of the molecule is COc1ccc(C=NNC(=O)C(=Cc2ccc(N(C)C)cc2)NC(=O)c2ccccc2)cc1O. The third-order valence-corrected chi connectivity index (χ3v) is 4.83. The van der Waals surface area contributed by atoms with Crippen LogP contribution in [-0.4, -0.2) is 44.3 Å². The van der Waals surface area contributed by atoms with E-state index in [4.69, 9.17) is 4.74 Å². The number of amides is 2. The number of phenolic OH excluding ortho intramolecular Hbond substituents is 1. The topological polar surface area (TPSA) is 103 Å². The van der Waals surface area contributed by atoms with Gasteiger partial charge in [0.2, 0.25) is 0 Å². The zero-order valence-corrected chi connectivity index (χ0v) is 19.1. The van der Waals surface area contributed by atoms with Crippen molar-refractivity contribution in [3.8, 4) is 11.5 Å². The number of ether oxygens (including phenoxy) is 1. The Balaban J connectivity index is 1.80. The molecule has 0 saturated carbocycles. The summed E-state index contributed by atoms with van der Waals surface area (Å²) in [6.45, 7) is 0. The molecule has 2 amide bonds. The first kappa shape index (κ1) is 24.1. The van der Waals surface area contributed by atoms with Crippen LogP contribution in [0.15, 0.2) is 83.6 Å². The number of rotatable bonds is 8. The molecule has 0 aliphatic carbocycles. The number of phenols is 1. The number of hydrogen-bond acceptors (Lipinski definition) is 6. The van der Waals surface area contributed by atoms with Crippen molar-refractivity contribution in [1.82, 2.24) is 10.7 Å². The molecular weight excluding hydrogens is 432 g/mol. The van der Waals surface area contributed by atoms with E-state index in [1.165, 1.54) is 19.4 Å². The minimum absolute atomic E-state index is 0.0289. The van der Waals surface area contributed by atoms with Crippen LogP contribution in [0.5, 0.6) is 11.5 Å². The predicted octanol–water partition coefficient (Wildman–Crippen LogP) is 3.39. The number of benzene rings is 3. The largest absolute Gasteiger partial charge is 0.504 e. The van der Waals surface area contributed by atoms with Crippen molar-refractivity contribution in [3.05, 3.63) is 95.2 Å². The molecule has 0 atom stereocenters. The molecule has 3 aromatic carbocycles. The molecule has 3 N–H and O–H groups in total. The first-order chi connectivity index (χ1) is 16.4. The highest BCUT2D eigenvalue weighted by molar-refractivity contribution is 6.05. The molecule has 0 saturated heterocycles. The van der Waals surface area contributed by atoms with Crippen LogP contribution in [-0.2, 0) is 4.79 Å². The lowest BCUT2D eigenvalue weighted by atomic mass is 10.1. The van der Waals surface area contributed by atoms with E-state index in [1.54, 1.807) is 48.5 Å². The number of nitrogens with one attached hydrogen (secondary N) is 2. The van der Waals surface area contributed by atoms with Crippen LogP contribution in [0.25, 0.3) is 6.08 Å². The van der Waals surface area contributed by atoms with Crippen LogP contribution in [0.4, 0.5) is 5.69 Å². The Morgan fingerprint density at radius 2 is 1.65 bits per heavy atom. The molecule has 0 aliphatic heterocycles. The Labute approximate surface area is 198 Å². The molecule has 3 rings (SSSR count). The van der Waals surface area contributed by atoms with Gasteiger partial charge >= 0.3 is 0 Å². The number of carbonyl (C=O) groups is 2. The zero-order valence-electron chi connectivity index (χ0n) is 19.1. The molecule has 8 nitrogen and oxygen atoms in total. The summed E-state index contributed by atoms with van der Waals surface area (Å²) in [6, 6.07) is 20.8. The van der Waals surface area contributed by atoms with E-state index in [0.717, 1.165) is 11.3 Å². The number of carbonyl (C=O) groups excluding carboxylic acids is 2. The average molecular weight is 459 g/mol. The third kappa shape index (κ3) is 6.46. The third-order valence-electron chi connectivity index (χ3n) is 4.83. The Morgan fingerprint density at radius 1 is 0.971 bits per heavy atom. The van der Waals surface area contributed by atoms with Gasteiger partial charge in [-0.05, 0) is 59.7 Å². The van der Waals surface area contributed by atoms with Gasteiger partial charge in [0, 0.05) is 25.3 Å². The minimum Gasteiger partial charge on any atom is -0.504 e. The maximum absolute atomic E-state index is 12.9. The highest BCUT2D eigenvalue weighted by atomic mass is 16.5. The lowest BCUT2D eigenvalue weighted by Crippen LogP contribution is -2.32. The monoisotopic (exact) mass is 458 g/mol. The van der Waals surface area contributed by atoms with Gasteiger partial charge in [-0.2, -0.15) is 5.10 Å². The lowest BCUT2D eigenvalue weighted by Gasteiger charge is -2.12. The zero-order chi connectivity index (χ0) is 24.5. The molecule has 0 bridgehead atoms. The molecule has 174 valence electrons. The van der Waals surface area contributed by atoms with E-state index in [-0.39, 0.29) is 11.4 Å². The number of anilines is 1. The first-order valence-corrected chi connectivity index (χ1v) is 10.4. The lowest BCUT2D eigenvalue weighted by molar-refractivity contribution is -0.117. The van der Waals surface area contributed by atoms with Crippen molar-refractivity contribution in [3.63, 3.8) is 0 Å². The fraction of sp³-hybridized carbons (Fsp3) is 0.115. The molecule has 0 unspecified atom stereocenters. The van der Waals surface area contributed by atoms with Crippen LogP contribution < -0.4 is 20.4 Å². The number of hydrogen-bond donors (Lipinski definition) is 3. The highest BCUT2D eigenvalue weighted by Gasteiger charge is 2.14. The summed E-state index contributed by atoms with van der Waals surface area (Å²) >= 11 is 0. The molecule has 0 fully saturated rings. The molecule has 3 aromatic rings. The Kier molecular flexibility index (Phi) is 8.02. The van der Waals surface area contributed by atoms with Gasteiger partial charge in [0.15, 0.2) is 11.5 Å². The summed E-state index contributed by atoms with van der Waals surface area (Å²) in [7, 11) is 5.32. The molecule has 0 heterocycles. The van der Waals surface area contributed by atoms with Crippen molar-refractivity contribution in [2.45, 2.75) is 0 Å². The van der Waals surface area contributed by atoms with Crippen molar-refractivity contribution < 1.29 is 19.4 Å². The van der Waals surface area contributed by atoms with E-state index in [1.807, 2.05) is 43.3 Å². The second-order valence-corrected chi connectivity index (χ2v) is 7.49. The van der Waals surface area contributed by atoms with Gasteiger partial charge in [0.05, 0.1) is 13.3 Å². The van der Waals surface area contributed by atoms with Crippen LogP contribution in [0.3, 0.4) is 0 Å². The van der Waals surface area contributed by atoms with Gasteiger partial charge in [-0.3, -0.25) is 9.59 Å². The number of hydrazone groups is 1. The van der Waals surface area contributed by atoms with Gasteiger partial charge in [-0.15, -0.1) is 0 Å². The Hall–Kier alpha value is -4.59. The molecular formula is C26H26N4O4. The highest BCUT2D eigenvalue weighted by Crippen LogP contribution is 2.25. The second kappa shape index (κ2) is 11.3. The van der Waals surface area contributed by atoms with E-state index in [0.29, 0.717) is 16.9 Å². The van der Waals surface area contributed by atoms with Crippen molar-refractivity contribution in [2.75, 3.05) is 26.1 Å². The predicted molar refractivity (Wildman–Crippen MR) is 133 cm³/mol. The molecule has 0 aliphatic rings. The summed E-state index contributed by atoms with van der Waals surface area (Å²) in [5, 5.41) is 16.5. The number of methoxy groups -OCH3 is 1. The smallest absolute Gasteiger partial charge is 0.287 e. The van der Waals surface area contributed by atoms with Gasteiger partial charge in [0.25, 0.3) is 11.8 Å².